The highest BCUT2D eigenvalue weighted by atomic mass is 16.6. The van der Waals surface area contributed by atoms with E-state index in [9.17, 15) is 14.4 Å². The molecule has 0 spiro atoms. The average molecular weight is 783 g/mol. The van der Waals surface area contributed by atoms with E-state index in [1.165, 1.54) is 109 Å². The summed E-state index contributed by atoms with van der Waals surface area (Å²) in [6.45, 7) is 6.43. The van der Waals surface area contributed by atoms with Crippen LogP contribution in [0.1, 0.15) is 220 Å². The number of hydrogen-bond donors (Lipinski definition) is 0. The molecule has 1 atom stereocenters. The first kappa shape index (κ1) is 53.1. The molecule has 0 radical (unpaired) electrons. The van der Waals surface area contributed by atoms with Crippen LogP contribution in [0.2, 0.25) is 0 Å². The van der Waals surface area contributed by atoms with Crippen molar-refractivity contribution in [2.24, 2.45) is 0 Å². The van der Waals surface area contributed by atoms with E-state index in [4.69, 9.17) is 14.2 Å². The molecule has 322 valence electrons. The molecule has 0 N–H and O–H groups in total. The molecule has 0 fully saturated rings. The van der Waals surface area contributed by atoms with Crippen LogP contribution in [0.15, 0.2) is 60.8 Å². The molecule has 0 saturated heterocycles. The summed E-state index contributed by atoms with van der Waals surface area (Å²) in [6.07, 6.45) is 53.4. The summed E-state index contributed by atoms with van der Waals surface area (Å²) in [7, 11) is 0. The minimum atomic E-state index is -0.785. The van der Waals surface area contributed by atoms with Crippen molar-refractivity contribution in [3.05, 3.63) is 60.8 Å². The van der Waals surface area contributed by atoms with Crippen LogP contribution in [-0.2, 0) is 28.6 Å². The maximum Gasteiger partial charge on any atom is 0.306 e. The molecule has 0 aliphatic rings. The summed E-state index contributed by atoms with van der Waals surface area (Å²) in [6, 6.07) is 0. The molecule has 0 rings (SSSR count). The van der Waals surface area contributed by atoms with Crippen LogP contribution in [-0.4, -0.2) is 37.2 Å². The highest BCUT2D eigenvalue weighted by Gasteiger charge is 2.19. The van der Waals surface area contributed by atoms with Crippen LogP contribution in [0.25, 0.3) is 0 Å². The predicted octanol–water partition coefficient (Wildman–Crippen LogP) is 14.9. The molecule has 0 heterocycles. The second kappa shape index (κ2) is 44.8. The Hall–Kier alpha value is -2.89. The predicted molar refractivity (Wildman–Crippen MR) is 238 cm³/mol. The van der Waals surface area contributed by atoms with E-state index in [0.717, 1.165) is 70.6 Å². The fourth-order valence-corrected chi connectivity index (χ4v) is 6.40. The van der Waals surface area contributed by atoms with Crippen molar-refractivity contribution in [3.8, 4) is 0 Å². The quantitative estimate of drug-likeness (QED) is 0.0266. The van der Waals surface area contributed by atoms with Crippen molar-refractivity contribution in [1.82, 2.24) is 0 Å². The summed E-state index contributed by atoms with van der Waals surface area (Å²) < 4.78 is 16.7. The molecule has 0 aromatic heterocycles. The van der Waals surface area contributed by atoms with E-state index in [2.05, 4.69) is 32.9 Å². The van der Waals surface area contributed by atoms with Crippen molar-refractivity contribution in [1.29, 1.82) is 0 Å². The number of carbonyl (C=O) groups is 3. The van der Waals surface area contributed by atoms with Crippen LogP contribution in [0.3, 0.4) is 0 Å². The van der Waals surface area contributed by atoms with Gasteiger partial charge in [-0.3, -0.25) is 14.4 Å². The van der Waals surface area contributed by atoms with Crippen LogP contribution in [0, 0.1) is 0 Å². The van der Waals surface area contributed by atoms with Gasteiger partial charge in [-0.15, -0.1) is 0 Å². The van der Waals surface area contributed by atoms with Gasteiger partial charge in [-0.1, -0.05) is 223 Å². The van der Waals surface area contributed by atoms with E-state index in [1.807, 2.05) is 48.6 Å². The lowest BCUT2D eigenvalue weighted by atomic mass is 10.0. The Morgan fingerprint density at radius 1 is 0.375 bits per heavy atom. The Balaban J connectivity index is 4.42. The maximum atomic E-state index is 12.7. The Bertz CT molecular complexity index is 1040. The number of esters is 3. The second-order valence-corrected chi connectivity index (χ2v) is 15.4. The third-order valence-electron chi connectivity index (χ3n) is 9.91. The summed E-state index contributed by atoms with van der Waals surface area (Å²) in [5, 5.41) is 0. The summed E-state index contributed by atoms with van der Waals surface area (Å²) in [5.41, 5.74) is 0. The topological polar surface area (TPSA) is 78.9 Å². The number of ether oxygens (including phenoxy) is 3. The van der Waals surface area contributed by atoms with Crippen molar-refractivity contribution in [3.63, 3.8) is 0 Å². The van der Waals surface area contributed by atoms with Crippen molar-refractivity contribution in [2.45, 2.75) is 226 Å². The van der Waals surface area contributed by atoms with Gasteiger partial charge in [-0.05, 0) is 38.5 Å². The fraction of sp³-hybridized carbons (Fsp3) is 0.740. The number of carbonyl (C=O) groups excluding carboxylic acids is 3. The first-order chi connectivity index (χ1) is 27.5. The van der Waals surface area contributed by atoms with E-state index < -0.39 is 6.10 Å². The molecule has 0 aromatic carbocycles. The van der Waals surface area contributed by atoms with Crippen LogP contribution in [0.4, 0.5) is 0 Å². The minimum absolute atomic E-state index is 0.0857. The van der Waals surface area contributed by atoms with Gasteiger partial charge in [0, 0.05) is 19.3 Å². The van der Waals surface area contributed by atoms with E-state index in [-0.39, 0.29) is 31.1 Å². The molecular weight excluding hydrogens is 697 g/mol. The lowest BCUT2D eigenvalue weighted by Crippen LogP contribution is -2.30. The first-order valence-corrected chi connectivity index (χ1v) is 23.4. The van der Waals surface area contributed by atoms with Crippen molar-refractivity contribution in [2.75, 3.05) is 13.2 Å². The maximum absolute atomic E-state index is 12.7. The monoisotopic (exact) mass is 783 g/mol. The van der Waals surface area contributed by atoms with Gasteiger partial charge < -0.3 is 14.2 Å². The zero-order chi connectivity index (χ0) is 40.8. The molecule has 0 aromatic rings. The highest BCUT2D eigenvalue weighted by Crippen LogP contribution is 2.15. The fourth-order valence-electron chi connectivity index (χ4n) is 6.40. The standard InChI is InChI=1S/C50H86O6/c1-4-7-10-13-16-19-21-23-25-27-28-31-34-37-40-43-49(52)55-46-47(45-54-48(51)42-39-36-33-30-18-15-12-9-6-3)56-50(53)44-41-38-35-32-29-26-24-22-20-17-14-11-8-5-2/h7,10,13,16,19,21,23,25,27-28,47H,4-6,8-9,11-12,14-15,17-18,20,22,24,26,29-46H2,1-3H3/b10-7-,16-13-,21-19-,25-23-,28-27-. The average Bonchev–Trinajstić information content (AvgIpc) is 3.19. The van der Waals surface area contributed by atoms with Crippen LogP contribution >= 0.6 is 0 Å². The molecule has 56 heavy (non-hydrogen) atoms. The zero-order valence-corrected chi connectivity index (χ0v) is 36.6. The molecule has 6 heteroatoms. The van der Waals surface area contributed by atoms with Gasteiger partial charge in [0.25, 0.3) is 0 Å². The molecule has 1 unspecified atom stereocenters. The van der Waals surface area contributed by atoms with Gasteiger partial charge in [-0.25, -0.2) is 0 Å². The molecule has 0 aliphatic carbocycles. The van der Waals surface area contributed by atoms with E-state index in [1.54, 1.807) is 0 Å². The highest BCUT2D eigenvalue weighted by molar-refractivity contribution is 5.71. The van der Waals surface area contributed by atoms with E-state index >= 15 is 0 Å². The minimum Gasteiger partial charge on any atom is -0.462 e. The lowest BCUT2D eigenvalue weighted by molar-refractivity contribution is -0.167. The molecule has 0 aliphatic heterocycles. The Labute approximate surface area is 345 Å². The molecule has 6 nitrogen and oxygen atoms in total. The van der Waals surface area contributed by atoms with Gasteiger partial charge in [-0.2, -0.15) is 0 Å². The molecular formula is C50H86O6. The number of allylic oxidation sites excluding steroid dienone is 10. The molecule has 0 bridgehead atoms. The summed E-state index contributed by atoms with van der Waals surface area (Å²) in [4.78, 5) is 37.7. The third-order valence-corrected chi connectivity index (χ3v) is 9.91. The number of hydrogen-bond acceptors (Lipinski definition) is 6. The largest absolute Gasteiger partial charge is 0.462 e. The number of rotatable bonds is 41. The number of unbranched alkanes of at least 4 members (excludes halogenated alkanes) is 24. The smallest absolute Gasteiger partial charge is 0.306 e. The lowest BCUT2D eigenvalue weighted by Gasteiger charge is -2.18. The van der Waals surface area contributed by atoms with Crippen LogP contribution in [0.5, 0.6) is 0 Å². The summed E-state index contributed by atoms with van der Waals surface area (Å²) >= 11 is 0. The van der Waals surface area contributed by atoms with Crippen molar-refractivity contribution >= 4 is 17.9 Å². The van der Waals surface area contributed by atoms with Crippen molar-refractivity contribution < 1.29 is 28.6 Å². The second-order valence-electron chi connectivity index (χ2n) is 15.4. The Kier molecular flexibility index (Phi) is 42.5. The van der Waals surface area contributed by atoms with Gasteiger partial charge in [0.15, 0.2) is 6.10 Å². The van der Waals surface area contributed by atoms with Gasteiger partial charge in [0.2, 0.25) is 0 Å². The SMILES string of the molecule is CC\C=C/C=C\C=C/C=C\C=C/CCCCCC(=O)OCC(COC(=O)CCCCCCCCCCC)OC(=O)CCCCCCCCCCCCCCCC. The Morgan fingerprint density at radius 3 is 1.09 bits per heavy atom. The molecule has 0 amide bonds. The van der Waals surface area contributed by atoms with E-state index in [0.29, 0.717) is 19.3 Å². The van der Waals surface area contributed by atoms with Crippen LogP contribution < -0.4 is 0 Å². The summed E-state index contributed by atoms with van der Waals surface area (Å²) in [5.74, 6) is -0.931. The first-order valence-electron chi connectivity index (χ1n) is 23.4. The zero-order valence-electron chi connectivity index (χ0n) is 36.6. The molecule has 0 saturated carbocycles. The van der Waals surface area contributed by atoms with Gasteiger partial charge >= 0.3 is 17.9 Å². The Morgan fingerprint density at radius 2 is 0.696 bits per heavy atom. The third kappa shape index (κ3) is 42.3. The van der Waals surface area contributed by atoms with Gasteiger partial charge in [0.05, 0.1) is 0 Å². The van der Waals surface area contributed by atoms with Gasteiger partial charge in [0.1, 0.15) is 13.2 Å². The normalized spacial score (nSPS) is 12.6.